The Morgan fingerprint density at radius 2 is 1.83 bits per heavy atom. The molecule has 0 N–H and O–H groups in total. The Labute approximate surface area is 143 Å². The van der Waals surface area contributed by atoms with Gasteiger partial charge in [-0.25, -0.2) is 0 Å². The second kappa shape index (κ2) is 7.52. The SMILES string of the molecule is Cn1c(/C=C/CCCCc2ccccc2)cc2cc(Cl)ccc21. The fourth-order valence-corrected chi connectivity index (χ4v) is 3.12. The van der Waals surface area contributed by atoms with Gasteiger partial charge in [0.2, 0.25) is 0 Å². The van der Waals surface area contributed by atoms with Crippen LogP contribution in [-0.2, 0) is 13.5 Å². The van der Waals surface area contributed by atoms with E-state index in [9.17, 15) is 0 Å². The zero-order chi connectivity index (χ0) is 16.1. The van der Waals surface area contributed by atoms with Gasteiger partial charge in [0.25, 0.3) is 0 Å². The first kappa shape index (κ1) is 15.9. The molecule has 3 rings (SSSR count). The molecule has 0 amide bonds. The molecule has 0 aliphatic carbocycles. The van der Waals surface area contributed by atoms with Gasteiger partial charge in [0.1, 0.15) is 0 Å². The zero-order valence-corrected chi connectivity index (χ0v) is 14.3. The normalized spacial score (nSPS) is 11.6. The van der Waals surface area contributed by atoms with Gasteiger partial charge in [-0.2, -0.15) is 0 Å². The van der Waals surface area contributed by atoms with Crippen LogP contribution in [-0.4, -0.2) is 4.57 Å². The number of rotatable bonds is 6. The molecule has 1 nitrogen and oxygen atoms in total. The van der Waals surface area contributed by atoms with Crippen LogP contribution in [0.15, 0.2) is 60.7 Å². The van der Waals surface area contributed by atoms with Crippen molar-refractivity contribution < 1.29 is 0 Å². The van der Waals surface area contributed by atoms with E-state index >= 15 is 0 Å². The number of unbranched alkanes of at least 4 members (excludes halogenated alkanes) is 2. The highest BCUT2D eigenvalue weighted by atomic mass is 35.5. The van der Waals surface area contributed by atoms with E-state index in [4.69, 9.17) is 11.6 Å². The maximum Gasteiger partial charge on any atom is 0.0483 e. The van der Waals surface area contributed by atoms with Gasteiger partial charge in [-0.05, 0) is 61.6 Å². The Bertz CT molecular complexity index is 799. The first-order chi connectivity index (χ1) is 11.2. The van der Waals surface area contributed by atoms with E-state index in [0.717, 1.165) is 11.4 Å². The molecule has 2 heteroatoms. The van der Waals surface area contributed by atoms with Crippen molar-refractivity contribution in [2.45, 2.75) is 25.7 Å². The van der Waals surface area contributed by atoms with E-state index in [0.29, 0.717) is 0 Å². The Hall–Kier alpha value is -1.99. The van der Waals surface area contributed by atoms with Gasteiger partial charge >= 0.3 is 0 Å². The molecule has 0 spiro atoms. The van der Waals surface area contributed by atoms with Gasteiger partial charge in [-0.15, -0.1) is 0 Å². The van der Waals surface area contributed by atoms with Crippen molar-refractivity contribution in [3.63, 3.8) is 0 Å². The summed E-state index contributed by atoms with van der Waals surface area (Å²) < 4.78 is 2.21. The van der Waals surface area contributed by atoms with Crippen LogP contribution in [0.1, 0.15) is 30.5 Å². The fourth-order valence-electron chi connectivity index (χ4n) is 2.94. The van der Waals surface area contributed by atoms with Crippen LogP contribution in [0.5, 0.6) is 0 Å². The lowest BCUT2D eigenvalue weighted by atomic mass is 10.1. The molecule has 0 fully saturated rings. The maximum absolute atomic E-state index is 6.07. The highest BCUT2D eigenvalue weighted by Gasteiger charge is 2.03. The minimum absolute atomic E-state index is 0.791. The molecule has 0 bridgehead atoms. The van der Waals surface area contributed by atoms with Crippen LogP contribution in [0.2, 0.25) is 5.02 Å². The van der Waals surface area contributed by atoms with E-state index in [1.807, 2.05) is 12.1 Å². The van der Waals surface area contributed by atoms with Gasteiger partial charge in [0.05, 0.1) is 0 Å². The van der Waals surface area contributed by atoms with Crippen LogP contribution in [0.4, 0.5) is 0 Å². The third kappa shape index (κ3) is 4.05. The Kier molecular flexibility index (Phi) is 5.19. The summed E-state index contributed by atoms with van der Waals surface area (Å²) in [7, 11) is 2.10. The number of fused-ring (bicyclic) bond motifs is 1. The number of hydrogen-bond acceptors (Lipinski definition) is 0. The largest absolute Gasteiger partial charge is 0.344 e. The Morgan fingerprint density at radius 3 is 2.65 bits per heavy atom. The molecule has 0 aliphatic rings. The van der Waals surface area contributed by atoms with Gasteiger partial charge in [0, 0.05) is 28.7 Å². The molecule has 1 heterocycles. The number of benzene rings is 2. The van der Waals surface area contributed by atoms with E-state index in [1.54, 1.807) is 0 Å². The van der Waals surface area contributed by atoms with Crippen molar-refractivity contribution >= 4 is 28.6 Å². The highest BCUT2D eigenvalue weighted by molar-refractivity contribution is 6.31. The third-order valence-corrected chi connectivity index (χ3v) is 4.49. The monoisotopic (exact) mass is 323 g/mol. The second-order valence-electron chi connectivity index (χ2n) is 5.97. The number of aromatic nitrogens is 1. The first-order valence-electron chi connectivity index (χ1n) is 8.19. The minimum Gasteiger partial charge on any atom is -0.344 e. The molecule has 2 aromatic carbocycles. The van der Waals surface area contributed by atoms with Crippen LogP contribution >= 0.6 is 11.6 Å². The lowest BCUT2D eigenvalue weighted by Gasteiger charge is -2.00. The molecule has 0 unspecified atom stereocenters. The fraction of sp³-hybridized carbons (Fsp3) is 0.238. The number of hydrogen-bond donors (Lipinski definition) is 0. The predicted molar refractivity (Wildman–Crippen MR) is 101 cm³/mol. The maximum atomic E-state index is 6.07. The van der Waals surface area contributed by atoms with Gasteiger partial charge in [-0.3, -0.25) is 0 Å². The van der Waals surface area contributed by atoms with Gasteiger partial charge in [-0.1, -0.05) is 48.0 Å². The summed E-state index contributed by atoms with van der Waals surface area (Å²) in [6, 6.07) is 18.9. The van der Waals surface area contributed by atoms with Crippen molar-refractivity contribution in [3.8, 4) is 0 Å². The molecule has 0 radical (unpaired) electrons. The molecule has 0 saturated heterocycles. The van der Waals surface area contributed by atoms with Crippen molar-refractivity contribution in [3.05, 3.63) is 77.0 Å². The van der Waals surface area contributed by atoms with Crippen LogP contribution in [0.25, 0.3) is 17.0 Å². The topological polar surface area (TPSA) is 4.93 Å². The Balaban J connectivity index is 1.53. The average molecular weight is 324 g/mol. The standard InChI is InChI=1S/C21H22ClN/c1-23-20(16-18-15-19(22)13-14-21(18)23)12-8-3-2-5-9-17-10-6-4-7-11-17/h4,6-8,10-16H,2-3,5,9H2,1H3/b12-8+. The molecule has 1 aromatic heterocycles. The molecule has 23 heavy (non-hydrogen) atoms. The van der Waals surface area contributed by atoms with Crippen molar-refractivity contribution in [2.75, 3.05) is 0 Å². The van der Waals surface area contributed by atoms with Gasteiger partial charge in [0.15, 0.2) is 0 Å². The Morgan fingerprint density at radius 1 is 1.00 bits per heavy atom. The van der Waals surface area contributed by atoms with Crippen LogP contribution < -0.4 is 0 Å². The smallest absolute Gasteiger partial charge is 0.0483 e. The number of aryl methyl sites for hydroxylation is 2. The zero-order valence-electron chi connectivity index (χ0n) is 13.5. The lowest BCUT2D eigenvalue weighted by molar-refractivity contribution is 0.748. The highest BCUT2D eigenvalue weighted by Crippen LogP contribution is 2.23. The number of nitrogens with zero attached hydrogens (tertiary/aromatic N) is 1. The number of allylic oxidation sites excluding steroid dienone is 1. The van der Waals surface area contributed by atoms with E-state index in [1.165, 1.54) is 41.4 Å². The molecular weight excluding hydrogens is 302 g/mol. The summed E-state index contributed by atoms with van der Waals surface area (Å²) in [5.41, 5.74) is 3.88. The van der Waals surface area contributed by atoms with E-state index in [-0.39, 0.29) is 0 Å². The second-order valence-corrected chi connectivity index (χ2v) is 6.40. The summed E-state index contributed by atoms with van der Waals surface area (Å²) in [5.74, 6) is 0. The van der Waals surface area contributed by atoms with Crippen molar-refractivity contribution in [2.24, 2.45) is 7.05 Å². The van der Waals surface area contributed by atoms with Crippen LogP contribution in [0, 0.1) is 0 Å². The van der Waals surface area contributed by atoms with Crippen LogP contribution in [0.3, 0.4) is 0 Å². The molecule has 0 atom stereocenters. The summed E-state index contributed by atoms with van der Waals surface area (Å²) >= 11 is 6.07. The molecule has 3 aromatic rings. The molecule has 118 valence electrons. The summed E-state index contributed by atoms with van der Waals surface area (Å²) in [6.45, 7) is 0. The van der Waals surface area contributed by atoms with Crippen molar-refractivity contribution in [1.29, 1.82) is 0 Å². The average Bonchev–Trinajstić information content (AvgIpc) is 2.87. The molecule has 0 saturated carbocycles. The molecule has 0 aliphatic heterocycles. The van der Waals surface area contributed by atoms with E-state index < -0.39 is 0 Å². The minimum atomic E-state index is 0.791. The summed E-state index contributed by atoms with van der Waals surface area (Å²) in [4.78, 5) is 0. The van der Waals surface area contributed by atoms with Gasteiger partial charge < -0.3 is 4.57 Å². The van der Waals surface area contributed by atoms with Crippen molar-refractivity contribution in [1.82, 2.24) is 4.57 Å². The lowest BCUT2D eigenvalue weighted by Crippen LogP contribution is -1.89. The molecular formula is C21H22ClN. The summed E-state index contributed by atoms with van der Waals surface area (Å²) in [6.07, 6.45) is 9.24. The predicted octanol–water partition coefficient (Wildman–Crippen LogP) is 6.26. The quantitative estimate of drug-likeness (QED) is 0.472. The number of halogens is 1. The summed E-state index contributed by atoms with van der Waals surface area (Å²) in [5, 5.41) is 1.99. The first-order valence-corrected chi connectivity index (χ1v) is 8.57. The van der Waals surface area contributed by atoms with E-state index in [2.05, 4.69) is 66.2 Å². The third-order valence-electron chi connectivity index (χ3n) is 4.26.